The van der Waals surface area contributed by atoms with Gasteiger partial charge in [0.2, 0.25) is 0 Å². The van der Waals surface area contributed by atoms with Crippen LogP contribution < -0.4 is 16.6 Å². The van der Waals surface area contributed by atoms with Gasteiger partial charge < -0.3 is 0 Å². The number of anilines is 1. The van der Waals surface area contributed by atoms with E-state index in [1.165, 1.54) is 11.3 Å². The number of hydrazine groups is 1. The van der Waals surface area contributed by atoms with Crippen LogP contribution in [0.3, 0.4) is 0 Å². The predicted molar refractivity (Wildman–Crippen MR) is 48.4 cm³/mol. The normalized spacial score (nSPS) is 9.27. The highest BCUT2D eigenvalue weighted by atomic mass is 79.9. The van der Waals surface area contributed by atoms with Gasteiger partial charge in [-0.15, -0.1) is 11.3 Å². The van der Waals surface area contributed by atoms with E-state index < -0.39 is 6.03 Å². The standard InChI is InChI=1S/C5H6BrN3OS/c6-3-1-4(11-2-3)8-5(10)9-7/h1-2H,7H2,(H2,8,9,10). The predicted octanol–water partition coefficient (Wildman–Crippen LogP) is 1.51. The fourth-order valence-corrected chi connectivity index (χ4v) is 1.84. The van der Waals surface area contributed by atoms with Crippen LogP contribution in [0, 0.1) is 0 Å². The van der Waals surface area contributed by atoms with Gasteiger partial charge in [0.05, 0.1) is 5.00 Å². The van der Waals surface area contributed by atoms with Crippen LogP contribution in [0.15, 0.2) is 15.9 Å². The molecule has 0 bridgehead atoms. The van der Waals surface area contributed by atoms with E-state index in [0.717, 1.165) is 9.47 Å². The summed E-state index contributed by atoms with van der Waals surface area (Å²) in [5.41, 5.74) is 1.96. The number of nitrogens with one attached hydrogen (secondary N) is 2. The van der Waals surface area contributed by atoms with E-state index in [1.54, 1.807) is 6.07 Å². The first-order valence-electron chi connectivity index (χ1n) is 2.74. The van der Waals surface area contributed by atoms with Crippen molar-refractivity contribution in [2.45, 2.75) is 0 Å². The Morgan fingerprint density at radius 1 is 1.73 bits per heavy atom. The molecular formula is C5H6BrN3OS. The van der Waals surface area contributed by atoms with E-state index >= 15 is 0 Å². The number of carbonyl (C=O) groups is 1. The molecule has 1 heterocycles. The van der Waals surface area contributed by atoms with Crippen LogP contribution in [0.5, 0.6) is 0 Å². The average Bonchev–Trinajstić information content (AvgIpc) is 2.35. The van der Waals surface area contributed by atoms with Crippen LogP contribution in [0.25, 0.3) is 0 Å². The minimum Gasteiger partial charge on any atom is -0.298 e. The molecule has 60 valence electrons. The first-order chi connectivity index (χ1) is 5.22. The molecule has 4 N–H and O–H groups in total. The number of urea groups is 1. The Labute approximate surface area is 75.9 Å². The van der Waals surface area contributed by atoms with Gasteiger partial charge >= 0.3 is 6.03 Å². The maximum Gasteiger partial charge on any atom is 0.333 e. The zero-order valence-electron chi connectivity index (χ0n) is 5.43. The van der Waals surface area contributed by atoms with Crippen LogP contribution in [-0.4, -0.2) is 6.03 Å². The number of carbonyl (C=O) groups excluding carboxylic acids is 1. The SMILES string of the molecule is NNC(=O)Nc1cc(Br)cs1. The molecule has 0 aliphatic heterocycles. The summed E-state index contributed by atoms with van der Waals surface area (Å²) < 4.78 is 0.940. The second kappa shape index (κ2) is 3.70. The highest BCUT2D eigenvalue weighted by molar-refractivity contribution is 9.10. The Hall–Kier alpha value is -0.590. The van der Waals surface area contributed by atoms with Crippen LogP contribution in [0.2, 0.25) is 0 Å². The minimum absolute atomic E-state index is 0.417. The fourth-order valence-electron chi connectivity index (χ4n) is 0.527. The number of rotatable bonds is 1. The number of amides is 2. The molecule has 0 radical (unpaired) electrons. The molecule has 0 atom stereocenters. The Morgan fingerprint density at radius 2 is 2.45 bits per heavy atom. The molecule has 1 rings (SSSR count). The molecule has 2 amide bonds. The van der Waals surface area contributed by atoms with Crippen LogP contribution in [-0.2, 0) is 0 Å². The number of halogens is 1. The maximum absolute atomic E-state index is 10.6. The van der Waals surface area contributed by atoms with Gasteiger partial charge in [-0.3, -0.25) is 10.7 Å². The largest absolute Gasteiger partial charge is 0.333 e. The van der Waals surface area contributed by atoms with E-state index in [0.29, 0.717) is 0 Å². The molecule has 11 heavy (non-hydrogen) atoms. The Bertz CT molecular complexity index is 262. The molecule has 0 spiro atoms. The van der Waals surface area contributed by atoms with Crippen molar-refractivity contribution in [3.63, 3.8) is 0 Å². The average molecular weight is 236 g/mol. The number of nitrogens with two attached hydrogens (primary N) is 1. The molecule has 6 heteroatoms. The molecule has 0 aliphatic carbocycles. The summed E-state index contributed by atoms with van der Waals surface area (Å²) in [5.74, 6) is 4.86. The zero-order valence-corrected chi connectivity index (χ0v) is 7.83. The summed E-state index contributed by atoms with van der Waals surface area (Å²) in [6, 6.07) is 1.37. The van der Waals surface area contributed by atoms with Gasteiger partial charge in [0.15, 0.2) is 0 Å². The van der Waals surface area contributed by atoms with Crippen LogP contribution in [0.1, 0.15) is 0 Å². The highest BCUT2D eigenvalue weighted by Gasteiger charge is 2.00. The first kappa shape index (κ1) is 8.51. The molecule has 0 unspecified atom stereocenters. The van der Waals surface area contributed by atoms with Gasteiger partial charge in [-0.1, -0.05) is 0 Å². The van der Waals surface area contributed by atoms with Crippen molar-refractivity contribution in [1.82, 2.24) is 5.43 Å². The minimum atomic E-state index is -0.417. The van der Waals surface area contributed by atoms with Crippen molar-refractivity contribution in [3.8, 4) is 0 Å². The van der Waals surface area contributed by atoms with Gasteiger partial charge in [0.1, 0.15) is 0 Å². The molecule has 0 aliphatic rings. The third kappa shape index (κ3) is 2.49. The number of hydrogen-bond donors (Lipinski definition) is 3. The molecule has 0 aromatic carbocycles. The van der Waals surface area contributed by atoms with Crippen molar-refractivity contribution < 1.29 is 4.79 Å². The third-order valence-corrected chi connectivity index (χ3v) is 2.54. The van der Waals surface area contributed by atoms with Crippen molar-refractivity contribution in [3.05, 3.63) is 15.9 Å². The van der Waals surface area contributed by atoms with Crippen molar-refractivity contribution >= 4 is 38.3 Å². The van der Waals surface area contributed by atoms with E-state index in [4.69, 9.17) is 5.84 Å². The van der Waals surface area contributed by atoms with Crippen molar-refractivity contribution in [1.29, 1.82) is 0 Å². The lowest BCUT2D eigenvalue weighted by molar-refractivity contribution is 0.252. The second-order valence-corrected chi connectivity index (χ2v) is 3.55. The summed E-state index contributed by atoms with van der Waals surface area (Å²) >= 11 is 4.67. The molecule has 0 fully saturated rings. The topological polar surface area (TPSA) is 67.1 Å². The summed E-state index contributed by atoms with van der Waals surface area (Å²) in [6.45, 7) is 0. The van der Waals surface area contributed by atoms with Crippen molar-refractivity contribution in [2.75, 3.05) is 5.32 Å². The fraction of sp³-hybridized carbons (Fsp3) is 0. The Kier molecular flexibility index (Phi) is 2.86. The van der Waals surface area contributed by atoms with E-state index in [1.807, 2.05) is 10.8 Å². The van der Waals surface area contributed by atoms with Gasteiger partial charge in [0, 0.05) is 9.85 Å². The first-order valence-corrected chi connectivity index (χ1v) is 4.41. The summed E-state index contributed by atoms with van der Waals surface area (Å²) in [5, 5.41) is 5.14. The molecule has 0 saturated heterocycles. The Morgan fingerprint density at radius 3 is 2.91 bits per heavy atom. The molecule has 4 nitrogen and oxygen atoms in total. The number of thiophene rings is 1. The van der Waals surface area contributed by atoms with E-state index in [2.05, 4.69) is 21.2 Å². The smallest absolute Gasteiger partial charge is 0.298 e. The van der Waals surface area contributed by atoms with Gasteiger partial charge in [-0.05, 0) is 22.0 Å². The summed E-state index contributed by atoms with van der Waals surface area (Å²) in [6.07, 6.45) is 0. The lowest BCUT2D eigenvalue weighted by Gasteiger charge is -1.98. The van der Waals surface area contributed by atoms with E-state index in [9.17, 15) is 4.79 Å². The molecule has 1 aromatic rings. The molecular weight excluding hydrogens is 230 g/mol. The van der Waals surface area contributed by atoms with Crippen molar-refractivity contribution in [2.24, 2.45) is 5.84 Å². The van der Waals surface area contributed by atoms with Gasteiger partial charge in [-0.25, -0.2) is 10.6 Å². The number of hydrogen-bond acceptors (Lipinski definition) is 3. The van der Waals surface area contributed by atoms with Crippen LogP contribution >= 0.6 is 27.3 Å². The molecule has 0 saturated carbocycles. The van der Waals surface area contributed by atoms with Gasteiger partial charge in [-0.2, -0.15) is 0 Å². The Balaban J connectivity index is 2.57. The monoisotopic (exact) mass is 235 g/mol. The zero-order chi connectivity index (χ0) is 8.27. The van der Waals surface area contributed by atoms with Crippen LogP contribution in [0.4, 0.5) is 9.80 Å². The highest BCUT2D eigenvalue weighted by Crippen LogP contribution is 2.23. The van der Waals surface area contributed by atoms with E-state index in [-0.39, 0.29) is 0 Å². The lowest BCUT2D eigenvalue weighted by atomic mass is 10.6. The molecule has 1 aromatic heterocycles. The summed E-state index contributed by atoms with van der Waals surface area (Å²) in [7, 11) is 0. The lowest BCUT2D eigenvalue weighted by Crippen LogP contribution is -2.34. The summed E-state index contributed by atoms with van der Waals surface area (Å²) in [4.78, 5) is 10.6. The van der Waals surface area contributed by atoms with Gasteiger partial charge in [0.25, 0.3) is 0 Å². The quantitative estimate of drug-likeness (QED) is 0.393. The third-order valence-electron chi connectivity index (χ3n) is 0.935. The maximum atomic E-state index is 10.6. The second-order valence-electron chi connectivity index (χ2n) is 1.73.